The van der Waals surface area contributed by atoms with Crippen LogP contribution in [0.25, 0.3) is 0 Å². The van der Waals surface area contributed by atoms with Crippen LogP contribution in [0, 0.1) is 31.1 Å². The smallest absolute Gasteiger partial charge is 0.235 e. The largest absolute Gasteiger partial charge is 0.476 e. The molecule has 1 saturated heterocycles. The van der Waals surface area contributed by atoms with Crippen LogP contribution in [0.4, 0.5) is 5.82 Å². The second-order valence-corrected chi connectivity index (χ2v) is 6.12. The number of ether oxygens (including phenoxy) is 1. The minimum Gasteiger partial charge on any atom is -0.476 e. The Balaban J connectivity index is 1.58. The first kappa shape index (κ1) is 16.2. The maximum atomic E-state index is 9.28. The summed E-state index contributed by atoms with van der Waals surface area (Å²) in [5.41, 5.74) is 2.40. The fraction of sp³-hybridized carbons (Fsp3) is 0.444. The van der Waals surface area contributed by atoms with Gasteiger partial charge in [-0.3, -0.25) is 4.98 Å². The molecule has 124 valence electrons. The maximum Gasteiger partial charge on any atom is 0.235 e. The SMILES string of the molecule is Cc1ccc(C#N)c(N2CCC(COc3nccnc3C)CC2)n1. The molecule has 2 aromatic rings. The summed E-state index contributed by atoms with van der Waals surface area (Å²) >= 11 is 0. The van der Waals surface area contributed by atoms with E-state index in [0.717, 1.165) is 43.1 Å². The lowest BCUT2D eigenvalue weighted by Crippen LogP contribution is -2.36. The number of hydrogen-bond donors (Lipinski definition) is 0. The van der Waals surface area contributed by atoms with Crippen molar-refractivity contribution >= 4 is 5.82 Å². The van der Waals surface area contributed by atoms with Crippen molar-refractivity contribution in [3.63, 3.8) is 0 Å². The number of aromatic nitrogens is 3. The predicted molar refractivity (Wildman–Crippen MR) is 90.9 cm³/mol. The Morgan fingerprint density at radius 2 is 1.96 bits per heavy atom. The van der Waals surface area contributed by atoms with Crippen LogP contribution < -0.4 is 9.64 Å². The number of piperidine rings is 1. The standard InChI is InChI=1S/C18H21N5O/c1-13-3-4-16(11-19)17(22-13)23-9-5-15(6-10-23)12-24-18-14(2)20-7-8-21-18/h3-4,7-8,15H,5-6,9-10,12H2,1-2H3. The maximum absolute atomic E-state index is 9.28. The van der Waals surface area contributed by atoms with Crippen molar-refractivity contribution in [2.75, 3.05) is 24.6 Å². The summed E-state index contributed by atoms with van der Waals surface area (Å²) in [7, 11) is 0. The molecule has 2 aromatic heterocycles. The highest BCUT2D eigenvalue weighted by Gasteiger charge is 2.23. The van der Waals surface area contributed by atoms with Crippen LogP contribution in [0.2, 0.25) is 0 Å². The Bertz CT molecular complexity index is 747. The van der Waals surface area contributed by atoms with Crippen LogP contribution in [0.5, 0.6) is 5.88 Å². The van der Waals surface area contributed by atoms with E-state index in [0.29, 0.717) is 24.0 Å². The van der Waals surface area contributed by atoms with Crippen molar-refractivity contribution in [3.05, 3.63) is 41.5 Å². The van der Waals surface area contributed by atoms with Gasteiger partial charge in [0.1, 0.15) is 11.9 Å². The van der Waals surface area contributed by atoms with Gasteiger partial charge in [0.05, 0.1) is 17.9 Å². The number of aryl methyl sites for hydroxylation is 2. The Hall–Kier alpha value is -2.68. The summed E-state index contributed by atoms with van der Waals surface area (Å²) in [4.78, 5) is 15.2. The lowest BCUT2D eigenvalue weighted by atomic mass is 9.97. The van der Waals surface area contributed by atoms with Crippen molar-refractivity contribution in [2.45, 2.75) is 26.7 Å². The molecule has 6 heteroatoms. The molecule has 0 unspecified atom stereocenters. The van der Waals surface area contributed by atoms with Gasteiger partial charge in [-0.1, -0.05) is 0 Å². The summed E-state index contributed by atoms with van der Waals surface area (Å²) in [6.45, 7) is 6.28. The molecule has 24 heavy (non-hydrogen) atoms. The highest BCUT2D eigenvalue weighted by molar-refractivity contribution is 5.54. The molecule has 0 aliphatic carbocycles. The van der Waals surface area contributed by atoms with Crippen LogP contribution in [-0.2, 0) is 0 Å². The predicted octanol–water partition coefficient (Wildman–Crippen LogP) is 2.66. The third-order valence-electron chi connectivity index (χ3n) is 4.34. The van der Waals surface area contributed by atoms with E-state index in [1.807, 2.05) is 26.0 Å². The Morgan fingerprint density at radius 1 is 1.21 bits per heavy atom. The minimum absolute atomic E-state index is 0.484. The zero-order valence-electron chi connectivity index (χ0n) is 14.1. The number of rotatable bonds is 4. The number of hydrogen-bond acceptors (Lipinski definition) is 6. The van der Waals surface area contributed by atoms with Crippen molar-refractivity contribution < 1.29 is 4.74 Å². The van der Waals surface area contributed by atoms with Gasteiger partial charge in [-0.2, -0.15) is 5.26 Å². The van der Waals surface area contributed by atoms with Crippen LogP contribution in [-0.4, -0.2) is 34.6 Å². The van der Waals surface area contributed by atoms with E-state index >= 15 is 0 Å². The molecule has 3 heterocycles. The van der Waals surface area contributed by atoms with Crippen molar-refractivity contribution in [1.29, 1.82) is 5.26 Å². The molecular formula is C18H21N5O. The molecule has 0 radical (unpaired) electrons. The zero-order valence-corrected chi connectivity index (χ0v) is 14.1. The van der Waals surface area contributed by atoms with E-state index in [1.54, 1.807) is 12.4 Å². The van der Waals surface area contributed by atoms with Gasteiger partial charge in [0.25, 0.3) is 0 Å². The summed E-state index contributed by atoms with van der Waals surface area (Å²) < 4.78 is 5.82. The molecule has 1 aliphatic rings. The number of nitrogens with zero attached hydrogens (tertiary/aromatic N) is 5. The number of anilines is 1. The van der Waals surface area contributed by atoms with Crippen molar-refractivity contribution in [2.24, 2.45) is 5.92 Å². The molecule has 3 rings (SSSR count). The molecular weight excluding hydrogens is 302 g/mol. The van der Waals surface area contributed by atoms with Gasteiger partial charge in [-0.05, 0) is 44.7 Å². The lowest BCUT2D eigenvalue weighted by molar-refractivity contribution is 0.214. The molecule has 0 amide bonds. The van der Waals surface area contributed by atoms with E-state index in [4.69, 9.17) is 4.74 Å². The first-order valence-corrected chi connectivity index (χ1v) is 8.20. The highest BCUT2D eigenvalue weighted by Crippen LogP contribution is 2.25. The fourth-order valence-electron chi connectivity index (χ4n) is 2.92. The molecule has 0 spiro atoms. The quantitative estimate of drug-likeness (QED) is 0.861. The van der Waals surface area contributed by atoms with Gasteiger partial charge >= 0.3 is 0 Å². The Labute approximate surface area is 142 Å². The second kappa shape index (κ2) is 7.26. The first-order chi connectivity index (χ1) is 11.7. The Morgan fingerprint density at radius 3 is 2.67 bits per heavy atom. The van der Waals surface area contributed by atoms with Gasteiger partial charge in [-0.15, -0.1) is 0 Å². The molecule has 1 fully saturated rings. The van der Waals surface area contributed by atoms with E-state index in [9.17, 15) is 5.26 Å². The van der Waals surface area contributed by atoms with E-state index in [1.165, 1.54) is 0 Å². The van der Waals surface area contributed by atoms with Crippen molar-refractivity contribution in [3.8, 4) is 11.9 Å². The summed E-state index contributed by atoms with van der Waals surface area (Å²) in [5.74, 6) is 1.91. The molecule has 0 bridgehead atoms. The molecule has 0 saturated carbocycles. The normalized spacial score (nSPS) is 15.1. The van der Waals surface area contributed by atoms with Crippen molar-refractivity contribution in [1.82, 2.24) is 15.0 Å². The second-order valence-electron chi connectivity index (χ2n) is 6.12. The first-order valence-electron chi connectivity index (χ1n) is 8.20. The molecule has 6 nitrogen and oxygen atoms in total. The summed E-state index contributed by atoms with van der Waals surface area (Å²) in [6, 6.07) is 5.97. The highest BCUT2D eigenvalue weighted by atomic mass is 16.5. The monoisotopic (exact) mass is 323 g/mol. The third-order valence-corrected chi connectivity index (χ3v) is 4.34. The van der Waals surface area contributed by atoms with Gasteiger partial charge in [0.2, 0.25) is 5.88 Å². The summed E-state index contributed by atoms with van der Waals surface area (Å²) in [5, 5.41) is 9.28. The summed E-state index contributed by atoms with van der Waals surface area (Å²) in [6.07, 6.45) is 5.35. The van der Waals surface area contributed by atoms with Gasteiger partial charge in [0.15, 0.2) is 0 Å². The van der Waals surface area contributed by atoms with E-state index in [-0.39, 0.29) is 0 Å². The molecule has 1 aliphatic heterocycles. The molecule has 0 atom stereocenters. The van der Waals surface area contributed by atoms with Crippen LogP contribution >= 0.6 is 0 Å². The average Bonchev–Trinajstić information content (AvgIpc) is 2.61. The minimum atomic E-state index is 0.484. The van der Waals surface area contributed by atoms with E-state index in [2.05, 4.69) is 25.9 Å². The number of nitriles is 1. The molecule has 0 N–H and O–H groups in total. The fourth-order valence-corrected chi connectivity index (χ4v) is 2.92. The van der Waals surface area contributed by atoms with Gasteiger partial charge < -0.3 is 9.64 Å². The van der Waals surface area contributed by atoms with Crippen LogP contribution in [0.1, 0.15) is 29.8 Å². The average molecular weight is 323 g/mol. The van der Waals surface area contributed by atoms with Gasteiger partial charge in [-0.25, -0.2) is 9.97 Å². The third kappa shape index (κ3) is 3.62. The van der Waals surface area contributed by atoms with Gasteiger partial charge in [0, 0.05) is 31.2 Å². The molecule has 0 aromatic carbocycles. The Kier molecular flexibility index (Phi) is 4.90. The lowest BCUT2D eigenvalue weighted by Gasteiger charge is -2.33. The zero-order chi connectivity index (χ0) is 16.9. The van der Waals surface area contributed by atoms with Crippen LogP contribution in [0.3, 0.4) is 0 Å². The number of pyridine rings is 1. The topological polar surface area (TPSA) is 74.9 Å². The van der Waals surface area contributed by atoms with E-state index < -0.39 is 0 Å². The van der Waals surface area contributed by atoms with Crippen LogP contribution in [0.15, 0.2) is 24.5 Å².